The number of aromatic nitrogens is 1. The van der Waals surface area contributed by atoms with Crippen LogP contribution in [-0.4, -0.2) is 42.6 Å². The number of anilines is 1. The Morgan fingerprint density at radius 1 is 1.35 bits per heavy atom. The molecule has 0 aliphatic carbocycles. The van der Waals surface area contributed by atoms with E-state index < -0.39 is 0 Å². The van der Waals surface area contributed by atoms with Gasteiger partial charge in [0.05, 0.1) is 0 Å². The van der Waals surface area contributed by atoms with E-state index in [9.17, 15) is 4.39 Å². The van der Waals surface area contributed by atoms with E-state index >= 15 is 0 Å². The van der Waals surface area contributed by atoms with Crippen molar-refractivity contribution >= 4 is 5.82 Å². The Morgan fingerprint density at radius 2 is 2.24 bits per heavy atom. The van der Waals surface area contributed by atoms with Gasteiger partial charge in [-0.2, -0.15) is 0 Å². The summed E-state index contributed by atoms with van der Waals surface area (Å²) in [7, 11) is 2.17. The van der Waals surface area contributed by atoms with Gasteiger partial charge >= 0.3 is 0 Å². The largest absolute Gasteiger partial charge is 0.351 e. The van der Waals surface area contributed by atoms with Crippen LogP contribution < -0.4 is 4.90 Å². The minimum atomic E-state index is -0.188. The van der Waals surface area contributed by atoms with Gasteiger partial charge in [-0.3, -0.25) is 0 Å². The highest BCUT2D eigenvalue weighted by Crippen LogP contribution is 2.34. The highest BCUT2D eigenvalue weighted by atomic mass is 19.1. The summed E-state index contributed by atoms with van der Waals surface area (Å²) in [6.07, 6.45) is 3.96. The van der Waals surface area contributed by atoms with E-state index in [0.717, 1.165) is 32.5 Å². The molecule has 0 unspecified atom stereocenters. The average Bonchev–Trinajstić information content (AvgIpc) is 2.72. The van der Waals surface area contributed by atoms with Gasteiger partial charge in [0, 0.05) is 25.3 Å². The third kappa shape index (κ3) is 1.90. The van der Waals surface area contributed by atoms with E-state index in [-0.39, 0.29) is 5.82 Å². The molecule has 1 aromatic rings. The molecule has 1 aromatic heterocycles. The molecule has 0 saturated carbocycles. The van der Waals surface area contributed by atoms with Gasteiger partial charge in [0.15, 0.2) is 11.6 Å². The minimum absolute atomic E-state index is 0.188. The molecule has 2 aliphatic heterocycles. The molecule has 2 fully saturated rings. The second-order valence-corrected chi connectivity index (χ2v) is 5.17. The summed E-state index contributed by atoms with van der Waals surface area (Å²) < 4.78 is 13.8. The van der Waals surface area contributed by atoms with Crippen molar-refractivity contribution in [2.45, 2.75) is 18.9 Å². The number of piperidine rings is 1. The molecular formula is C13H18FN3. The summed E-state index contributed by atoms with van der Waals surface area (Å²) in [6.45, 7) is 3.18. The fourth-order valence-corrected chi connectivity index (χ4v) is 3.22. The van der Waals surface area contributed by atoms with Gasteiger partial charge < -0.3 is 9.80 Å². The number of rotatable bonds is 1. The predicted octanol–water partition coefficient (Wildman–Crippen LogP) is 1.75. The molecule has 2 atom stereocenters. The van der Waals surface area contributed by atoms with Gasteiger partial charge in [0.2, 0.25) is 0 Å². The lowest BCUT2D eigenvalue weighted by atomic mass is 9.93. The van der Waals surface area contributed by atoms with E-state index in [1.165, 1.54) is 6.07 Å². The van der Waals surface area contributed by atoms with E-state index in [1.807, 2.05) is 0 Å². The van der Waals surface area contributed by atoms with Crippen LogP contribution in [0.1, 0.15) is 12.8 Å². The average molecular weight is 235 g/mol. The molecule has 92 valence electrons. The van der Waals surface area contributed by atoms with Gasteiger partial charge in [-0.15, -0.1) is 0 Å². The first-order valence-electron chi connectivity index (χ1n) is 6.31. The zero-order chi connectivity index (χ0) is 11.8. The van der Waals surface area contributed by atoms with Crippen LogP contribution in [0.3, 0.4) is 0 Å². The molecule has 0 radical (unpaired) electrons. The number of fused-ring (bicyclic) bond motifs is 1. The second kappa shape index (κ2) is 4.26. The number of nitrogens with zero attached hydrogens (tertiary/aromatic N) is 3. The van der Waals surface area contributed by atoms with Gasteiger partial charge in [-0.25, -0.2) is 9.37 Å². The van der Waals surface area contributed by atoms with Crippen molar-refractivity contribution in [3.63, 3.8) is 0 Å². The highest BCUT2D eigenvalue weighted by Gasteiger charge is 2.38. The summed E-state index contributed by atoms with van der Waals surface area (Å²) in [5.41, 5.74) is 0. The molecule has 3 rings (SSSR count). The topological polar surface area (TPSA) is 19.4 Å². The molecule has 3 nitrogen and oxygen atoms in total. The number of hydrogen-bond acceptors (Lipinski definition) is 3. The number of pyridine rings is 1. The van der Waals surface area contributed by atoms with Gasteiger partial charge in [-0.05, 0) is 44.5 Å². The van der Waals surface area contributed by atoms with Crippen molar-refractivity contribution in [3.05, 3.63) is 24.1 Å². The SMILES string of the molecule is CN1CC[C@@H]2[C@@H](CCN2c2ncccc2F)C1. The lowest BCUT2D eigenvalue weighted by Crippen LogP contribution is -2.44. The third-order valence-electron chi connectivity index (χ3n) is 4.05. The molecule has 0 aromatic carbocycles. The molecule has 2 aliphatic rings. The molecule has 0 bridgehead atoms. The fourth-order valence-electron chi connectivity index (χ4n) is 3.22. The maximum Gasteiger partial charge on any atom is 0.165 e. The summed E-state index contributed by atoms with van der Waals surface area (Å²) in [4.78, 5) is 8.76. The molecular weight excluding hydrogens is 217 g/mol. The monoisotopic (exact) mass is 235 g/mol. The van der Waals surface area contributed by atoms with Crippen molar-refractivity contribution < 1.29 is 4.39 Å². The van der Waals surface area contributed by atoms with Crippen LogP contribution in [0.5, 0.6) is 0 Å². The smallest absolute Gasteiger partial charge is 0.165 e. The maximum atomic E-state index is 13.8. The van der Waals surface area contributed by atoms with E-state index in [2.05, 4.69) is 21.8 Å². The van der Waals surface area contributed by atoms with Crippen molar-refractivity contribution in [1.82, 2.24) is 9.88 Å². The van der Waals surface area contributed by atoms with E-state index in [4.69, 9.17) is 0 Å². The Labute approximate surface area is 101 Å². The van der Waals surface area contributed by atoms with Gasteiger partial charge in [-0.1, -0.05) is 0 Å². The summed E-state index contributed by atoms with van der Waals surface area (Å²) in [5, 5.41) is 0. The number of likely N-dealkylation sites (tertiary alicyclic amines) is 1. The summed E-state index contributed by atoms with van der Waals surface area (Å²) >= 11 is 0. The standard InChI is InChI=1S/C13H18FN3/c1-16-7-5-12-10(9-16)4-8-17(12)13-11(14)3-2-6-15-13/h2-3,6,10,12H,4-5,7-9H2,1H3/t10-,12+/m0/s1. The fraction of sp³-hybridized carbons (Fsp3) is 0.615. The first-order valence-corrected chi connectivity index (χ1v) is 6.31. The van der Waals surface area contributed by atoms with Crippen molar-refractivity contribution in [2.24, 2.45) is 5.92 Å². The molecule has 0 amide bonds. The Bertz CT molecular complexity index is 409. The highest BCUT2D eigenvalue weighted by molar-refractivity contribution is 5.43. The summed E-state index contributed by atoms with van der Waals surface area (Å²) in [5.74, 6) is 1.03. The minimum Gasteiger partial charge on any atom is -0.351 e. The summed E-state index contributed by atoms with van der Waals surface area (Å²) in [6, 6.07) is 3.64. The maximum absolute atomic E-state index is 13.8. The Morgan fingerprint density at radius 3 is 3.06 bits per heavy atom. The lowest BCUT2D eigenvalue weighted by Gasteiger charge is -2.36. The van der Waals surface area contributed by atoms with Gasteiger partial charge in [0.1, 0.15) is 0 Å². The van der Waals surface area contributed by atoms with Crippen LogP contribution in [0.2, 0.25) is 0 Å². The molecule has 0 spiro atoms. The van der Waals surface area contributed by atoms with Crippen LogP contribution in [0.4, 0.5) is 10.2 Å². The Balaban J connectivity index is 1.84. The number of hydrogen-bond donors (Lipinski definition) is 0. The van der Waals surface area contributed by atoms with Crippen molar-refractivity contribution in [2.75, 3.05) is 31.6 Å². The van der Waals surface area contributed by atoms with Crippen LogP contribution in [0.15, 0.2) is 18.3 Å². The molecule has 3 heterocycles. The molecule has 4 heteroatoms. The van der Waals surface area contributed by atoms with Crippen LogP contribution in [0, 0.1) is 11.7 Å². The Hall–Kier alpha value is -1.16. The van der Waals surface area contributed by atoms with Crippen molar-refractivity contribution in [1.29, 1.82) is 0 Å². The van der Waals surface area contributed by atoms with Crippen molar-refractivity contribution in [3.8, 4) is 0 Å². The normalized spacial score (nSPS) is 29.4. The van der Waals surface area contributed by atoms with Crippen LogP contribution >= 0.6 is 0 Å². The molecule has 0 N–H and O–H groups in total. The third-order valence-corrected chi connectivity index (χ3v) is 4.05. The van der Waals surface area contributed by atoms with E-state index in [0.29, 0.717) is 17.8 Å². The zero-order valence-electron chi connectivity index (χ0n) is 10.1. The van der Waals surface area contributed by atoms with Gasteiger partial charge in [0.25, 0.3) is 0 Å². The Kier molecular flexibility index (Phi) is 2.74. The van der Waals surface area contributed by atoms with E-state index in [1.54, 1.807) is 12.3 Å². The molecule has 2 saturated heterocycles. The molecule has 17 heavy (non-hydrogen) atoms. The zero-order valence-corrected chi connectivity index (χ0v) is 10.1. The lowest BCUT2D eigenvalue weighted by molar-refractivity contribution is 0.202. The first kappa shape index (κ1) is 11.0. The quantitative estimate of drug-likeness (QED) is 0.739. The first-order chi connectivity index (χ1) is 8.25. The van der Waals surface area contributed by atoms with Crippen LogP contribution in [0.25, 0.3) is 0 Å². The predicted molar refractivity (Wildman–Crippen MR) is 65.6 cm³/mol. The number of halogens is 1. The van der Waals surface area contributed by atoms with Crippen LogP contribution in [-0.2, 0) is 0 Å². The second-order valence-electron chi connectivity index (χ2n) is 5.17.